The first-order chi connectivity index (χ1) is 7.99. The summed E-state index contributed by atoms with van der Waals surface area (Å²) in [7, 11) is 0. The Balaban J connectivity index is 2.57. The molecule has 0 saturated carbocycles. The summed E-state index contributed by atoms with van der Waals surface area (Å²) in [4.78, 5) is 8.25. The van der Waals surface area contributed by atoms with Crippen LogP contribution >= 0.6 is 66.7 Å². The van der Waals surface area contributed by atoms with Gasteiger partial charge in [-0.15, -0.1) is 0 Å². The summed E-state index contributed by atoms with van der Waals surface area (Å²) in [5.41, 5.74) is 0.745. The van der Waals surface area contributed by atoms with E-state index in [2.05, 4.69) is 41.8 Å². The molecule has 0 aliphatic carbocycles. The first-order valence-electron chi connectivity index (χ1n) is 4.33. The maximum atomic E-state index is 6.00. The highest BCUT2D eigenvalue weighted by Crippen LogP contribution is 2.32. The van der Waals surface area contributed by atoms with Crippen LogP contribution in [0.4, 0.5) is 0 Å². The van der Waals surface area contributed by atoms with E-state index in [9.17, 15) is 0 Å². The lowest BCUT2D eigenvalue weighted by molar-refractivity contribution is 1.16. The Morgan fingerprint density at radius 3 is 2.06 bits per heavy atom. The molecule has 0 bridgehead atoms. The highest BCUT2D eigenvalue weighted by Gasteiger charge is 2.11. The maximum Gasteiger partial charge on any atom is 0.162 e. The maximum absolute atomic E-state index is 6.00. The third-order valence-electron chi connectivity index (χ3n) is 1.95. The summed E-state index contributed by atoms with van der Waals surface area (Å²) in [5, 5.41) is 1.10. The molecule has 0 radical (unpaired) electrons. The van der Waals surface area contributed by atoms with Crippen molar-refractivity contribution in [1.82, 2.24) is 9.97 Å². The topological polar surface area (TPSA) is 25.8 Å². The Morgan fingerprint density at radius 1 is 0.941 bits per heavy atom. The van der Waals surface area contributed by atoms with Crippen LogP contribution < -0.4 is 0 Å². The SMILES string of the molecule is Clc1cc(-c2nc(Cl)c(Br)c(Cl)n2)ccc1Br. The Hall–Kier alpha value is 0.130. The van der Waals surface area contributed by atoms with Crippen LogP contribution in [0.1, 0.15) is 0 Å². The lowest BCUT2D eigenvalue weighted by Crippen LogP contribution is -1.92. The van der Waals surface area contributed by atoms with Crippen molar-refractivity contribution in [3.63, 3.8) is 0 Å². The molecule has 0 saturated heterocycles. The third kappa shape index (κ3) is 2.93. The molecule has 0 fully saturated rings. The van der Waals surface area contributed by atoms with Gasteiger partial charge in [0.25, 0.3) is 0 Å². The number of hydrogen-bond donors (Lipinski definition) is 0. The second-order valence-corrected chi connectivity index (χ2v) is 5.84. The number of aromatic nitrogens is 2. The second-order valence-electron chi connectivity index (χ2n) is 3.07. The summed E-state index contributed by atoms with van der Waals surface area (Å²) in [6.45, 7) is 0. The monoisotopic (exact) mass is 414 g/mol. The van der Waals surface area contributed by atoms with Crippen molar-refractivity contribution in [3.05, 3.63) is 42.5 Å². The van der Waals surface area contributed by atoms with Crippen molar-refractivity contribution in [2.45, 2.75) is 0 Å². The van der Waals surface area contributed by atoms with Crippen molar-refractivity contribution < 1.29 is 0 Å². The number of halogens is 5. The molecular weight excluding hydrogens is 414 g/mol. The summed E-state index contributed by atoms with van der Waals surface area (Å²) in [6.07, 6.45) is 0. The minimum atomic E-state index is 0.263. The fourth-order valence-corrected chi connectivity index (χ4v) is 2.15. The minimum Gasteiger partial charge on any atom is -0.215 e. The lowest BCUT2D eigenvalue weighted by Gasteiger charge is -2.05. The van der Waals surface area contributed by atoms with E-state index in [-0.39, 0.29) is 10.3 Å². The van der Waals surface area contributed by atoms with E-state index in [1.165, 1.54) is 0 Å². The van der Waals surface area contributed by atoms with Crippen LogP contribution in [0.5, 0.6) is 0 Å². The molecule has 88 valence electrons. The molecule has 1 aromatic carbocycles. The number of hydrogen-bond acceptors (Lipinski definition) is 2. The van der Waals surface area contributed by atoms with Gasteiger partial charge in [0, 0.05) is 10.0 Å². The van der Waals surface area contributed by atoms with E-state index in [0.717, 1.165) is 10.0 Å². The van der Waals surface area contributed by atoms with E-state index in [4.69, 9.17) is 34.8 Å². The Bertz CT molecular complexity index is 567. The zero-order valence-corrected chi connectivity index (χ0v) is 13.5. The molecule has 17 heavy (non-hydrogen) atoms. The van der Waals surface area contributed by atoms with Crippen LogP contribution in [0.2, 0.25) is 15.3 Å². The molecule has 2 aromatic rings. The van der Waals surface area contributed by atoms with Gasteiger partial charge in [0.15, 0.2) is 5.82 Å². The Labute approximate surface area is 130 Å². The lowest BCUT2D eigenvalue weighted by atomic mass is 10.2. The number of rotatable bonds is 1. The van der Waals surface area contributed by atoms with E-state index < -0.39 is 0 Å². The van der Waals surface area contributed by atoms with Gasteiger partial charge in [-0.25, -0.2) is 9.97 Å². The zero-order valence-electron chi connectivity index (χ0n) is 8.02. The molecule has 0 N–H and O–H groups in total. The quantitative estimate of drug-likeness (QED) is 0.563. The summed E-state index contributed by atoms with van der Waals surface area (Å²) in [5.74, 6) is 0.428. The van der Waals surface area contributed by atoms with Crippen LogP contribution in [-0.4, -0.2) is 9.97 Å². The van der Waals surface area contributed by atoms with Gasteiger partial charge >= 0.3 is 0 Å². The summed E-state index contributed by atoms with van der Waals surface area (Å²) < 4.78 is 1.28. The van der Waals surface area contributed by atoms with Crippen molar-refractivity contribution in [2.24, 2.45) is 0 Å². The fraction of sp³-hybridized carbons (Fsp3) is 0. The first-order valence-corrected chi connectivity index (χ1v) is 7.05. The van der Waals surface area contributed by atoms with Crippen LogP contribution in [-0.2, 0) is 0 Å². The van der Waals surface area contributed by atoms with Crippen molar-refractivity contribution >= 4 is 66.7 Å². The molecular formula is C10H3Br2Cl3N2. The Morgan fingerprint density at radius 2 is 1.53 bits per heavy atom. The first kappa shape index (κ1) is 13.6. The second kappa shape index (κ2) is 5.41. The molecule has 0 atom stereocenters. The van der Waals surface area contributed by atoms with Crippen molar-refractivity contribution in [1.29, 1.82) is 0 Å². The average molecular weight is 417 g/mol. The molecule has 0 spiro atoms. The van der Waals surface area contributed by atoms with Gasteiger partial charge in [0.2, 0.25) is 0 Å². The number of benzene rings is 1. The molecule has 0 amide bonds. The smallest absolute Gasteiger partial charge is 0.162 e. The molecule has 0 unspecified atom stereocenters. The molecule has 0 aliphatic rings. The third-order valence-corrected chi connectivity index (χ3v) is 4.94. The van der Waals surface area contributed by atoms with Gasteiger partial charge in [-0.2, -0.15) is 0 Å². The van der Waals surface area contributed by atoms with Crippen molar-refractivity contribution in [2.75, 3.05) is 0 Å². The van der Waals surface area contributed by atoms with Gasteiger partial charge in [-0.1, -0.05) is 34.8 Å². The highest BCUT2D eigenvalue weighted by atomic mass is 79.9. The molecule has 0 aliphatic heterocycles. The Kier molecular flexibility index (Phi) is 4.31. The molecule has 2 nitrogen and oxygen atoms in total. The van der Waals surface area contributed by atoms with Gasteiger partial charge in [0.1, 0.15) is 10.3 Å². The molecule has 1 heterocycles. The summed E-state index contributed by atoms with van der Waals surface area (Å²) in [6, 6.07) is 5.37. The molecule has 1 aromatic heterocycles. The van der Waals surface area contributed by atoms with Crippen LogP contribution in [0, 0.1) is 0 Å². The standard InChI is InChI=1S/C10H3Br2Cl3N2/c11-5-2-1-4(3-6(5)13)10-16-8(14)7(12)9(15)17-10/h1-3H. The van der Waals surface area contributed by atoms with Crippen LogP contribution in [0.15, 0.2) is 27.1 Å². The van der Waals surface area contributed by atoms with Gasteiger partial charge in [0.05, 0.1) is 9.50 Å². The highest BCUT2D eigenvalue weighted by molar-refractivity contribution is 9.11. The van der Waals surface area contributed by atoms with Crippen LogP contribution in [0.3, 0.4) is 0 Å². The summed E-state index contributed by atoms with van der Waals surface area (Å²) >= 11 is 24.3. The largest absolute Gasteiger partial charge is 0.215 e. The van der Waals surface area contributed by atoms with E-state index >= 15 is 0 Å². The van der Waals surface area contributed by atoms with E-state index in [1.54, 1.807) is 6.07 Å². The van der Waals surface area contributed by atoms with Gasteiger partial charge in [-0.05, 0) is 50.1 Å². The predicted octanol–water partition coefficient (Wildman–Crippen LogP) is 5.63. The van der Waals surface area contributed by atoms with Gasteiger partial charge < -0.3 is 0 Å². The minimum absolute atomic E-state index is 0.263. The average Bonchev–Trinajstić information content (AvgIpc) is 2.29. The van der Waals surface area contributed by atoms with Gasteiger partial charge in [-0.3, -0.25) is 0 Å². The van der Waals surface area contributed by atoms with Crippen molar-refractivity contribution in [3.8, 4) is 11.4 Å². The van der Waals surface area contributed by atoms with E-state index in [0.29, 0.717) is 15.3 Å². The number of nitrogens with zero attached hydrogens (tertiary/aromatic N) is 2. The van der Waals surface area contributed by atoms with E-state index in [1.807, 2.05) is 12.1 Å². The normalized spacial score (nSPS) is 10.6. The molecule has 7 heteroatoms. The predicted molar refractivity (Wildman–Crippen MR) is 77.9 cm³/mol. The van der Waals surface area contributed by atoms with Crippen LogP contribution in [0.25, 0.3) is 11.4 Å². The molecule has 2 rings (SSSR count). The fourth-order valence-electron chi connectivity index (χ4n) is 1.16. The zero-order chi connectivity index (χ0) is 12.6.